The fourth-order valence-corrected chi connectivity index (χ4v) is 7.36. The Hall–Kier alpha value is -3.63. The highest BCUT2D eigenvalue weighted by molar-refractivity contribution is 8.00. The molecular weight excluding hydrogens is 506 g/mol. The molecule has 3 aromatic carbocycles. The Kier molecular flexibility index (Phi) is 6.31. The third-order valence-corrected chi connectivity index (χ3v) is 9.00. The molecule has 0 aromatic heterocycles. The molecule has 2 N–H and O–H groups in total. The van der Waals surface area contributed by atoms with Crippen molar-refractivity contribution >= 4 is 46.4 Å². The summed E-state index contributed by atoms with van der Waals surface area (Å²) in [6.45, 7) is 0. The van der Waals surface area contributed by atoms with E-state index in [1.807, 2.05) is 6.07 Å². The van der Waals surface area contributed by atoms with Crippen molar-refractivity contribution in [2.75, 3.05) is 5.32 Å². The lowest BCUT2D eigenvalue weighted by Gasteiger charge is -2.38. The minimum atomic E-state index is -1.12. The lowest BCUT2D eigenvalue weighted by molar-refractivity contribution is -0.387. The van der Waals surface area contributed by atoms with Gasteiger partial charge in [0.1, 0.15) is 0 Å². The molecule has 1 fully saturated rings. The van der Waals surface area contributed by atoms with Crippen LogP contribution in [0.1, 0.15) is 39.9 Å². The highest BCUT2D eigenvalue weighted by Crippen LogP contribution is 2.59. The summed E-state index contributed by atoms with van der Waals surface area (Å²) < 4.78 is 0. The van der Waals surface area contributed by atoms with Crippen LogP contribution in [0.4, 0.5) is 17.1 Å². The first kappa shape index (κ1) is 24.1. The topological polar surface area (TPSA) is 136 Å². The number of halogens is 1. The molecule has 184 valence electrons. The van der Waals surface area contributed by atoms with E-state index >= 15 is 0 Å². The van der Waals surface area contributed by atoms with Crippen molar-refractivity contribution in [3.63, 3.8) is 0 Å². The number of aromatic carboxylic acids is 1. The molecule has 1 aliphatic carbocycles. The number of nitrogens with zero attached hydrogens (tertiary/aromatic N) is 2. The zero-order chi connectivity index (χ0) is 25.6. The van der Waals surface area contributed by atoms with E-state index in [2.05, 4.69) is 5.32 Å². The molecule has 1 saturated carbocycles. The molecule has 0 bridgehead atoms. The summed E-state index contributed by atoms with van der Waals surface area (Å²) >= 11 is 8.37. The Bertz CT molecular complexity index is 1390. The predicted molar refractivity (Wildman–Crippen MR) is 136 cm³/mol. The molecule has 0 radical (unpaired) electrons. The van der Waals surface area contributed by atoms with E-state index in [1.54, 1.807) is 42.5 Å². The van der Waals surface area contributed by atoms with E-state index in [4.69, 9.17) is 11.6 Å². The van der Waals surface area contributed by atoms with Crippen LogP contribution in [-0.4, -0.2) is 31.5 Å². The molecule has 9 nitrogen and oxygen atoms in total. The number of carboxylic acids is 1. The SMILES string of the molecule is O=C(O)c1cccc2c1N[C@H](c1ccccc1[N+](=O)[O-])[C@@H]1C[C@H](Sc3ccccc3[N+](=O)[O-])[C@@H](Cl)[C@H]21. The number of carboxylic acid groups (broad SMARTS) is 1. The van der Waals surface area contributed by atoms with Gasteiger partial charge < -0.3 is 10.4 Å². The maximum absolute atomic E-state index is 12.0. The van der Waals surface area contributed by atoms with E-state index in [-0.39, 0.29) is 34.0 Å². The number of nitro benzene ring substituents is 2. The first-order chi connectivity index (χ1) is 17.3. The second kappa shape index (κ2) is 9.44. The average Bonchev–Trinajstić information content (AvgIpc) is 3.19. The smallest absolute Gasteiger partial charge is 0.337 e. The van der Waals surface area contributed by atoms with Gasteiger partial charge in [-0.25, -0.2) is 4.79 Å². The number of thioether (sulfide) groups is 1. The lowest BCUT2D eigenvalue weighted by atomic mass is 9.76. The van der Waals surface area contributed by atoms with E-state index in [1.165, 1.54) is 30.0 Å². The van der Waals surface area contributed by atoms with Crippen LogP contribution in [0, 0.1) is 26.1 Å². The van der Waals surface area contributed by atoms with Crippen LogP contribution in [0.25, 0.3) is 0 Å². The average molecular weight is 526 g/mol. The number of nitrogens with one attached hydrogen (secondary N) is 1. The Morgan fingerprint density at radius 2 is 1.58 bits per heavy atom. The summed E-state index contributed by atoms with van der Waals surface area (Å²) in [6.07, 6.45) is 0.524. The van der Waals surface area contributed by atoms with Gasteiger partial charge in [-0.2, -0.15) is 0 Å². The number of benzene rings is 3. The van der Waals surface area contributed by atoms with Crippen LogP contribution in [-0.2, 0) is 0 Å². The number of para-hydroxylation sites is 3. The highest BCUT2D eigenvalue weighted by Gasteiger charge is 2.52. The predicted octanol–water partition coefficient (Wildman–Crippen LogP) is 6.24. The number of rotatable bonds is 6. The van der Waals surface area contributed by atoms with Crippen molar-refractivity contribution in [1.82, 2.24) is 0 Å². The summed E-state index contributed by atoms with van der Waals surface area (Å²) in [5.74, 6) is -1.63. The summed E-state index contributed by atoms with van der Waals surface area (Å²) in [5, 5.41) is 35.8. The molecule has 0 spiro atoms. The molecule has 5 rings (SSSR count). The number of alkyl halides is 1. The molecule has 1 heterocycles. The second-order valence-corrected chi connectivity index (χ2v) is 10.5. The standard InChI is InChI=1S/C25H20ClN3O6S/c26-22-20(36-19-11-4-3-10-18(19)29(34)35)12-16-21(22)14-7-5-8-15(25(30)31)24(14)27-23(16)13-6-1-2-9-17(13)28(32)33/h1-11,16,20-23,27H,12H2,(H,30,31)/t16-,20+,21-,22-,23-/m1/s1. The quantitative estimate of drug-likeness (QED) is 0.219. The van der Waals surface area contributed by atoms with E-state index in [0.29, 0.717) is 22.6 Å². The molecule has 1 aliphatic heterocycles. The maximum Gasteiger partial charge on any atom is 0.337 e. The Balaban J connectivity index is 1.62. The van der Waals surface area contributed by atoms with Gasteiger partial charge in [-0.1, -0.05) is 42.5 Å². The second-order valence-electron chi connectivity index (χ2n) is 8.76. The number of hydrogen-bond acceptors (Lipinski definition) is 7. The molecule has 11 heteroatoms. The third kappa shape index (κ3) is 4.06. The van der Waals surface area contributed by atoms with Gasteiger partial charge in [-0.3, -0.25) is 20.2 Å². The van der Waals surface area contributed by atoms with E-state index < -0.39 is 27.2 Å². The van der Waals surface area contributed by atoms with Crippen molar-refractivity contribution in [3.8, 4) is 0 Å². The first-order valence-corrected chi connectivity index (χ1v) is 12.5. The van der Waals surface area contributed by atoms with E-state index in [9.17, 15) is 30.1 Å². The zero-order valence-corrected chi connectivity index (χ0v) is 20.2. The van der Waals surface area contributed by atoms with Gasteiger partial charge in [0.2, 0.25) is 0 Å². The van der Waals surface area contributed by atoms with Crippen molar-refractivity contribution in [3.05, 3.63) is 104 Å². The molecule has 2 aliphatic rings. The Morgan fingerprint density at radius 3 is 2.28 bits per heavy atom. The molecule has 3 aromatic rings. The largest absolute Gasteiger partial charge is 0.478 e. The summed E-state index contributed by atoms with van der Waals surface area (Å²) in [6, 6.07) is 17.3. The third-order valence-electron chi connectivity index (χ3n) is 6.89. The fraction of sp³-hybridized carbons (Fsp3) is 0.240. The number of fused-ring (bicyclic) bond motifs is 3. The normalized spacial score (nSPS) is 24.3. The van der Waals surface area contributed by atoms with Crippen molar-refractivity contribution in [2.24, 2.45) is 5.92 Å². The van der Waals surface area contributed by atoms with Crippen LogP contribution >= 0.6 is 23.4 Å². The van der Waals surface area contributed by atoms with Gasteiger partial charge in [0.25, 0.3) is 11.4 Å². The summed E-state index contributed by atoms with van der Waals surface area (Å²) in [4.78, 5) is 35.0. The van der Waals surface area contributed by atoms with Crippen LogP contribution < -0.4 is 5.32 Å². The molecule has 0 unspecified atom stereocenters. The van der Waals surface area contributed by atoms with Crippen molar-refractivity contribution in [2.45, 2.75) is 33.9 Å². The van der Waals surface area contributed by atoms with E-state index in [0.717, 1.165) is 5.56 Å². The van der Waals surface area contributed by atoms with Crippen LogP contribution in [0.5, 0.6) is 0 Å². The number of nitro groups is 2. The monoisotopic (exact) mass is 525 g/mol. The molecule has 0 saturated heterocycles. The molecule has 36 heavy (non-hydrogen) atoms. The Morgan fingerprint density at radius 1 is 0.944 bits per heavy atom. The van der Waals surface area contributed by atoms with Gasteiger partial charge >= 0.3 is 5.97 Å². The Labute approximate surface area is 214 Å². The zero-order valence-electron chi connectivity index (χ0n) is 18.6. The molecule has 0 amide bonds. The lowest BCUT2D eigenvalue weighted by Crippen LogP contribution is -2.32. The van der Waals surface area contributed by atoms with Crippen LogP contribution in [0.15, 0.2) is 71.6 Å². The van der Waals surface area contributed by atoms with Crippen molar-refractivity contribution in [1.29, 1.82) is 0 Å². The van der Waals surface area contributed by atoms with Crippen LogP contribution in [0.2, 0.25) is 0 Å². The maximum atomic E-state index is 12.0. The van der Waals surface area contributed by atoms with Gasteiger partial charge in [-0.05, 0) is 30.0 Å². The number of anilines is 1. The first-order valence-electron chi connectivity index (χ1n) is 11.2. The number of carbonyl (C=O) groups is 1. The minimum absolute atomic E-state index is 0.0109. The van der Waals surface area contributed by atoms with Crippen molar-refractivity contribution < 1.29 is 19.7 Å². The van der Waals surface area contributed by atoms with Gasteiger partial charge in [-0.15, -0.1) is 23.4 Å². The summed E-state index contributed by atoms with van der Waals surface area (Å²) in [7, 11) is 0. The van der Waals surface area contributed by atoms with Gasteiger partial charge in [0.15, 0.2) is 0 Å². The van der Waals surface area contributed by atoms with Gasteiger partial charge in [0, 0.05) is 23.3 Å². The van der Waals surface area contributed by atoms with Crippen LogP contribution in [0.3, 0.4) is 0 Å². The summed E-state index contributed by atoms with van der Waals surface area (Å²) in [5.41, 5.74) is 1.57. The minimum Gasteiger partial charge on any atom is -0.478 e. The molecular formula is C25H20ClN3O6S. The molecule has 5 atom stereocenters. The fourth-order valence-electron chi connectivity index (χ4n) is 5.42. The highest BCUT2D eigenvalue weighted by atomic mass is 35.5. The number of hydrogen-bond donors (Lipinski definition) is 2. The van der Waals surface area contributed by atoms with Gasteiger partial charge in [0.05, 0.1) is 43.0 Å².